The molecule has 0 aliphatic rings. The Hall–Kier alpha value is -3.47. The molecule has 1 aromatic heterocycles. The topological polar surface area (TPSA) is 162 Å². The molecule has 1 heterocycles. The molecule has 0 aliphatic carbocycles. The number of carbonyl (C=O) groups excluding carboxylic acids is 1. The van der Waals surface area contributed by atoms with E-state index in [9.17, 15) is 9.59 Å². The van der Waals surface area contributed by atoms with Crippen LogP contribution in [0.1, 0.15) is 18.2 Å². The average molecular weight is 405 g/mol. The van der Waals surface area contributed by atoms with Crippen LogP contribution in [0.25, 0.3) is 0 Å². The monoisotopic (exact) mass is 405 g/mol. The number of aliphatic imine (C=N–C) groups is 1. The molecule has 0 radical (unpaired) electrons. The Balaban J connectivity index is 1.83. The molecule has 0 unspecified atom stereocenters. The number of rotatable bonds is 10. The highest BCUT2D eigenvalue weighted by Crippen LogP contribution is 2.13. The summed E-state index contributed by atoms with van der Waals surface area (Å²) >= 11 is 1.21. The molecule has 0 amide bonds. The molecule has 0 spiro atoms. The zero-order valence-electron chi connectivity index (χ0n) is 15.0. The summed E-state index contributed by atoms with van der Waals surface area (Å²) in [6.45, 7) is 1.27. The minimum atomic E-state index is -1.06. The fraction of sp³-hybridized carbons (Fsp3) is 0.235. The normalized spacial score (nSPS) is 11.9. The van der Waals surface area contributed by atoms with Gasteiger partial charge in [0.25, 0.3) is 0 Å². The Kier molecular flexibility index (Phi) is 7.45. The number of nitrogens with two attached hydrogens (primary N) is 2. The number of ketones is 1. The van der Waals surface area contributed by atoms with E-state index >= 15 is 0 Å². The number of carboxylic acids is 1. The summed E-state index contributed by atoms with van der Waals surface area (Å²) in [7, 11) is 0. The number of benzene rings is 1. The third-order valence-electron chi connectivity index (χ3n) is 3.23. The van der Waals surface area contributed by atoms with Crippen molar-refractivity contribution in [3.63, 3.8) is 0 Å². The van der Waals surface area contributed by atoms with E-state index in [1.807, 2.05) is 0 Å². The first kappa shape index (κ1) is 20.8. The summed E-state index contributed by atoms with van der Waals surface area (Å²) in [5.74, 6) is -0.659. The molecule has 11 heteroatoms. The first-order valence-electron chi connectivity index (χ1n) is 8.04. The summed E-state index contributed by atoms with van der Waals surface area (Å²) in [5.41, 5.74) is 12.3. The van der Waals surface area contributed by atoms with Crippen molar-refractivity contribution in [1.82, 2.24) is 4.98 Å². The van der Waals surface area contributed by atoms with E-state index in [0.717, 1.165) is 0 Å². The smallest absolute Gasteiger partial charge is 0.325 e. The van der Waals surface area contributed by atoms with Crippen LogP contribution >= 0.6 is 11.3 Å². The molecule has 2 aromatic rings. The molecule has 0 fully saturated rings. The number of amidine groups is 1. The molecule has 0 aliphatic heterocycles. The molecule has 10 nitrogen and oxygen atoms in total. The van der Waals surface area contributed by atoms with Gasteiger partial charge in [0.1, 0.15) is 30.4 Å². The number of carbonyl (C=O) groups is 2. The lowest BCUT2D eigenvalue weighted by atomic mass is 10.2. The molecule has 28 heavy (non-hydrogen) atoms. The Morgan fingerprint density at radius 1 is 1.25 bits per heavy atom. The van der Waals surface area contributed by atoms with Crippen LogP contribution in [0.2, 0.25) is 0 Å². The van der Waals surface area contributed by atoms with E-state index in [2.05, 4.69) is 15.1 Å². The number of aliphatic carboxylic acids is 1. The molecule has 2 rings (SSSR count). The summed E-state index contributed by atoms with van der Waals surface area (Å²) < 4.78 is 5.50. The second kappa shape index (κ2) is 10.0. The molecular formula is C17H19N5O5S. The van der Waals surface area contributed by atoms with E-state index in [0.29, 0.717) is 22.1 Å². The van der Waals surface area contributed by atoms with Crippen LogP contribution in [-0.2, 0) is 14.4 Å². The maximum atomic E-state index is 11.6. The lowest BCUT2D eigenvalue weighted by molar-refractivity contribution is -0.135. The largest absolute Gasteiger partial charge is 0.490 e. The number of hydrogen-bond acceptors (Lipinski definition) is 9. The Morgan fingerprint density at radius 2 is 1.96 bits per heavy atom. The maximum Gasteiger partial charge on any atom is 0.325 e. The zero-order valence-corrected chi connectivity index (χ0v) is 15.8. The van der Waals surface area contributed by atoms with Gasteiger partial charge in [0.15, 0.2) is 23.2 Å². The van der Waals surface area contributed by atoms with Gasteiger partial charge >= 0.3 is 5.97 Å². The van der Waals surface area contributed by atoms with Crippen molar-refractivity contribution in [1.29, 1.82) is 0 Å². The quantitative estimate of drug-likeness (QED) is 0.227. The lowest BCUT2D eigenvalue weighted by Gasteiger charge is -2.07. The van der Waals surface area contributed by atoms with Crippen molar-refractivity contribution in [3.8, 4) is 5.75 Å². The predicted octanol–water partition coefficient (Wildman–Crippen LogP) is 0.904. The molecule has 5 N–H and O–H groups in total. The molecule has 0 bridgehead atoms. The van der Waals surface area contributed by atoms with Crippen molar-refractivity contribution in [2.24, 2.45) is 15.9 Å². The van der Waals surface area contributed by atoms with Crippen LogP contribution < -0.4 is 16.2 Å². The number of aromatic nitrogens is 1. The maximum absolute atomic E-state index is 11.6. The van der Waals surface area contributed by atoms with Gasteiger partial charge in [-0.15, -0.1) is 11.3 Å². The number of nitrogen functional groups attached to an aromatic ring is 1. The number of oxime groups is 1. The predicted molar refractivity (Wildman–Crippen MR) is 105 cm³/mol. The van der Waals surface area contributed by atoms with E-state index in [1.165, 1.54) is 18.3 Å². The lowest BCUT2D eigenvalue weighted by Crippen LogP contribution is -2.16. The fourth-order valence-electron chi connectivity index (χ4n) is 1.96. The van der Waals surface area contributed by atoms with Gasteiger partial charge < -0.3 is 26.1 Å². The van der Waals surface area contributed by atoms with Gasteiger partial charge in [0.2, 0.25) is 0 Å². The second-order valence-electron chi connectivity index (χ2n) is 5.37. The van der Waals surface area contributed by atoms with Crippen LogP contribution in [0.3, 0.4) is 0 Å². The first-order chi connectivity index (χ1) is 13.4. The SMILES string of the molecule is CC(=O)/C(=N\OCCOc1ccc(C(N)=NCC(=O)O)cc1)c1csc(N)n1. The Bertz CT molecular complexity index is 892. The van der Waals surface area contributed by atoms with Crippen LogP contribution in [0.4, 0.5) is 5.13 Å². The molecule has 0 saturated heterocycles. The van der Waals surface area contributed by atoms with Gasteiger partial charge in [-0.3, -0.25) is 14.6 Å². The first-order valence-corrected chi connectivity index (χ1v) is 8.92. The molecule has 148 valence electrons. The highest BCUT2D eigenvalue weighted by molar-refractivity contribution is 7.13. The summed E-state index contributed by atoms with van der Waals surface area (Å²) in [4.78, 5) is 35.0. The second-order valence-corrected chi connectivity index (χ2v) is 6.26. The number of thiazole rings is 1. The van der Waals surface area contributed by atoms with Crippen molar-refractivity contribution in [3.05, 3.63) is 40.9 Å². The van der Waals surface area contributed by atoms with E-state index in [4.69, 9.17) is 26.1 Å². The van der Waals surface area contributed by atoms with Crippen molar-refractivity contribution < 1.29 is 24.3 Å². The van der Waals surface area contributed by atoms with E-state index in [-0.39, 0.29) is 30.5 Å². The van der Waals surface area contributed by atoms with Crippen molar-refractivity contribution in [2.45, 2.75) is 6.92 Å². The Labute approximate surface area is 164 Å². The van der Waals surface area contributed by atoms with Crippen molar-refractivity contribution >= 4 is 39.8 Å². The van der Waals surface area contributed by atoms with Crippen LogP contribution in [0, 0.1) is 0 Å². The van der Waals surface area contributed by atoms with Gasteiger partial charge in [0, 0.05) is 17.9 Å². The van der Waals surface area contributed by atoms with Gasteiger partial charge in [-0.1, -0.05) is 5.16 Å². The number of ether oxygens (including phenoxy) is 1. The summed E-state index contributed by atoms with van der Waals surface area (Å²) in [6, 6.07) is 6.66. The van der Waals surface area contributed by atoms with Gasteiger partial charge in [0.05, 0.1) is 0 Å². The third kappa shape index (κ3) is 6.36. The van der Waals surface area contributed by atoms with E-state index < -0.39 is 12.5 Å². The molecule has 1 aromatic carbocycles. The van der Waals surface area contributed by atoms with Gasteiger partial charge in [-0.25, -0.2) is 4.98 Å². The fourth-order valence-corrected chi connectivity index (χ4v) is 2.51. The number of nitrogens with zero attached hydrogens (tertiary/aromatic N) is 3. The van der Waals surface area contributed by atoms with Crippen LogP contribution in [-0.4, -0.2) is 53.1 Å². The average Bonchev–Trinajstić information content (AvgIpc) is 3.08. The minimum absolute atomic E-state index is 0.0911. The number of Topliss-reactive ketones (excluding diaryl/α,β-unsaturated/α-hetero) is 1. The van der Waals surface area contributed by atoms with Crippen LogP contribution in [0.5, 0.6) is 5.75 Å². The number of anilines is 1. The minimum Gasteiger partial charge on any atom is -0.490 e. The standard InChI is InChI=1S/C17H19N5O5S/c1-10(23)15(13-9-28-17(19)21-13)22-27-7-6-26-12-4-2-11(3-5-12)16(18)20-8-14(24)25/h2-5,9H,6-8H2,1H3,(H2,18,20)(H2,19,21)(H,24,25)/b22-15+. The zero-order chi connectivity index (χ0) is 20.5. The summed E-state index contributed by atoms with van der Waals surface area (Å²) in [6.07, 6.45) is 0. The third-order valence-corrected chi connectivity index (χ3v) is 3.91. The molecular weight excluding hydrogens is 386 g/mol. The van der Waals surface area contributed by atoms with Gasteiger partial charge in [-0.05, 0) is 24.3 Å². The highest BCUT2D eigenvalue weighted by Gasteiger charge is 2.13. The van der Waals surface area contributed by atoms with Crippen molar-refractivity contribution in [2.75, 3.05) is 25.5 Å². The van der Waals surface area contributed by atoms with E-state index in [1.54, 1.807) is 29.6 Å². The number of carboxylic acid groups (broad SMARTS) is 1. The van der Waals surface area contributed by atoms with Gasteiger partial charge in [-0.2, -0.15) is 0 Å². The molecule has 0 atom stereocenters. The van der Waals surface area contributed by atoms with Crippen LogP contribution in [0.15, 0.2) is 39.8 Å². The Morgan fingerprint density at radius 3 is 2.54 bits per heavy atom. The number of hydrogen-bond donors (Lipinski definition) is 3. The molecule has 0 saturated carbocycles. The highest BCUT2D eigenvalue weighted by atomic mass is 32.1. The summed E-state index contributed by atoms with van der Waals surface area (Å²) in [5, 5.41) is 14.4.